The van der Waals surface area contributed by atoms with Gasteiger partial charge in [0.05, 0.1) is 5.92 Å². The van der Waals surface area contributed by atoms with E-state index in [1.54, 1.807) is 54.6 Å². The lowest BCUT2D eigenvalue weighted by atomic mass is 9.77. The predicted molar refractivity (Wildman–Crippen MR) is 114 cm³/mol. The van der Waals surface area contributed by atoms with Gasteiger partial charge in [-0.25, -0.2) is 0 Å². The lowest BCUT2D eigenvalue weighted by molar-refractivity contribution is -0.376. The molecule has 0 heterocycles. The van der Waals surface area contributed by atoms with Gasteiger partial charge in [-0.05, 0) is 41.5 Å². The molecule has 178 valence electrons. The molecule has 0 aromatic heterocycles. The van der Waals surface area contributed by atoms with Crippen LogP contribution in [-0.2, 0) is 24.9 Å². The molecule has 4 rings (SSSR count). The second-order valence-electron chi connectivity index (χ2n) is 8.38. The smallest absolute Gasteiger partial charge is 0.369 e. The van der Waals surface area contributed by atoms with Gasteiger partial charge in [0.1, 0.15) is 0 Å². The predicted octanol–water partition coefficient (Wildman–Crippen LogP) is 6.31. The normalized spacial score (nSPS) is 16.9. The van der Waals surface area contributed by atoms with Gasteiger partial charge in [-0.15, -0.1) is 0 Å². The minimum absolute atomic E-state index is 0.116. The number of benzene rings is 3. The lowest BCUT2D eigenvalue weighted by Gasteiger charge is -2.34. The Morgan fingerprint density at radius 3 is 2.00 bits per heavy atom. The number of ketones is 1. The van der Waals surface area contributed by atoms with E-state index in [9.17, 15) is 36.2 Å². The summed E-state index contributed by atoms with van der Waals surface area (Å²) in [5.41, 5.74) is -3.84. The Labute approximate surface area is 191 Å². The zero-order valence-electron chi connectivity index (χ0n) is 17.8. The second-order valence-corrected chi connectivity index (χ2v) is 8.38. The first-order chi connectivity index (χ1) is 15.9. The van der Waals surface area contributed by atoms with E-state index in [2.05, 4.69) is 0 Å². The summed E-state index contributed by atoms with van der Waals surface area (Å²) in [4.78, 5) is 13.5. The van der Waals surface area contributed by atoms with E-state index in [4.69, 9.17) is 0 Å². The molecule has 0 fully saturated rings. The summed E-state index contributed by atoms with van der Waals surface area (Å²) in [6.45, 7) is 0. The Hall–Kier alpha value is -3.13. The maximum Gasteiger partial charge on any atom is 0.430 e. The van der Waals surface area contributed by atoms with Crippen LogP contribution in [0.15, 0.2) is 72.8 Å². The summed E-state index contributed by atoms with van der Waals surface area (Å²) in [7, 11) is 0. The summed E-state index contributed by atoms with van der Waals surface area (Å²) in [6.07, 6.45) is -11.4. The zero-order valence-corrected chi connectivity index (χ0v) is 17.8. The molecule has 8 heteroatoms. The maximum absolute atomic E-state index is 13.5. The second kappa shape index (κ2) is 8.58. The number of halogens is 6. The van der Waals surface area contributed by atoms with Crippen LogP contribution >= 0.6 is 0 Å². The largest absolute Gasteiger partial charge is 0.430 e. The molecule has 1 atom stereocenters. The first kappa shape index (κ1) is 24.0. The molecule has 1 aliphatic rings. The molecule has 0 aliphatic heterocycles. The van der Waals surface area contributed by atoms with Crippen LogP contribution in [0.4, 0.5) is 26.3 Å². The van der Waals surface area contributed by atoms with Crippen molar-refractivity contribution in [3.63, 3.8) is 0 Å². The Balaban J connectivity index is 1.88. The van der Waals surface area contributed by atoms with Gasteiger partial charge in [0.25, 0.3) is 5.60 Å². The number of aliphatic hydroxyl groups is 1. The quantitative estimate of drug-likeness (QED) is 0.448. The average Bonchev–Trinajstić information content (AvgIpc) is 2.79. The molecule has 0 spiro atoms. The molecule has 3 aromatic rings. The number of hydrogen-bond donors (Lipinski definition) is 1. The Kier molecular flexibility index (Phi) is 6.06. The van der Waals surface area contributed by atoms with Gasteiger partial charge in [-0.3, -0.25) is 4.79 Å². The van der Waals surface area contributed by atoms with Gasteiger partial charge < -0.3 is 5.11 Å². The highest BCUT2D eigenvalue weighted by atomic mass is 19.4. The van der Waals surface area contributed by atoms with E-state index in [1.165, 1.54) is 0 Å². The molecule has 0 saturated carbocycles. The Bertz CT molecular complexity index is 1180. The Morgan fingerprint density at radius 1 is 0.765 bits per heavy atom. The van der Waals surface area contributed by atoms with Gasteiger partial charge in [-0.2, -0.15) is 26.3 Å². The molecule has 1 aliphatic carbocycles. The number of carbonyl (C=O) groups excluding carboxylic acids is 1. The van der Waals surface area contributed by atoms with Crippen LogP contribution in [0.25, 0.3) is 0 Å². The molecule has 0 amide bonds. The van der Waals surface area contributed by atoms with Crippen LogP contribution in [0.1, 0.15) is 44.1 Å². The van der Waals surface area contributed by atoms with Crippen LogP contribution < -0.4 is 0 Å². The monoisotopic (exact) mass is 478 g/mol. The first-order valence-corrected chi connectivity index (χ1v) is 10.6. The van der Waals surface area contributed by atoms with Crippen molar-refractivity contribution in [3.8, 4) is 0 Å². The number of rotatable bonds is 3. The standard InChI is InChI=1S/C26H20F6O2/c27-25(28,29)24(34,26(30,31)32)19-12-13-20-18(15-19)11-10-17-8-4-5-9-21(17)23(33)22(20)14-16-6-2-1-3-7-16/h1-9,12-13,15,22,34H,10-11,14H2. The van der Waals surface area contributed by atoms with Crippen LogP contribution in [0.5, 0.6) is 0 Å². The number of alkyl halides is 6. The van der Waals surface area contributed by atoms with Crippen molar-refractivity contribution in [2.24, 2.45) is 0 Å². The minimum Gasteiger partial charge on any atom is -0.369 e. The third-order valence-corrected chi connectivity index (χ3v) is 6.30. The van der Waals surface area contributed by atoms with Gasteiger partial charge in [0, 0.05) is 11.1 Å². The van der Waals surface area contributed by atoms with E-state index in [1.807, 2.05) is 0 Å². The Morgan fingerprint density at radius 2 is 1.35 bits per heavy atom. The molecule has 3 aromatic carbocycles. The van der Waals surface area contributed by atoms with E-state index in [0.29, 0.717) is 22.8 Å². The van der Waals surface area contributed by atoms with Crippen molar-refractivity contribution in [1.82, 2.24) is 0 Å². The summed E-state index contributed by atoms with van der Waals surface area (Å²) in [5.74, 6) is -1.06. The number of aryl methyl sites for hydroxylation is 2. The van der Waals surface area contributed by atoms with Crippen molar-refractivity contribution in [1.29, 1.82) is 0 Å². The fraction of sp³-hybridized carbons (Fsp3) is 0.269. The third-order valence-electron chi connectivity index (χ3n) is 6.30. The molecule has 2 nitrogen and oxygen atoms in total. The molecular weight excluding hydrogens is 458 g/mol. The van der Waals surface area contributed by atoms with Crippen LogP contribution in [-0.4, -0.2) is 23.2 Å². The summed E-state index contributed by atoms with van der Waals surface area (Å²) in [6, 6.07) is 18.3. The number of fused-ring (bicyclic) bond motifs is 2. The van der Waals surface area contributed by atoms with Crippen LogP contribution in [0, 0.1) is 0 Å². The highest BCUT2D eigenvalue weighted by Gasteiger charge is 2.71. The zero-order chi connectivity index (χ0) is 24.7. The molecule has 0 saturated heterocycles. The molecule has 34 heavy (non-hydrogen) atoms. The van der Waals surface area contributed by atoms with Crippen LogP contribution in [0.3, 0.4) is 0 Å². The summed E-state index contributed by atoms with van der Waals surface area (Å²) < 4.78 is 80.8. The highest BCUT2D eigenvalue weighted by molar-refractivity contribution is 6.02. The number of Topliss-reactive ketones (excluding diaryl/α,β-unsaturated/α-hetero) is 1. The highest BCUT2D eigenvalue weighted by Crippen LogP contribution is 2.50. The molecular formula is C26H20F6O2. The van der Waals surface area contributed by atoms with Crippen molar-refractivity contribution < 1.29 is 36.2 Å². The SMILES string of the molecule is O=C1c2ccccc2CCc2cc(C(O)(C(F)(F)F)C(F)(F)F)ccc2C1Cc1ccccc1. The van der Waals surface area contributed by atoms with E-state index in [-0.39, 0.29) is 30.6 Å². The van der Waals surface area contributed by atoms with Gasteiger partial charge in [0.2, 0.25) is 0 Å². The molecule has 0 radical (unpaired) electrons. The van der Waals surface area contributed by atoms with Crippen molar-refractivity contribution >= 4 is 5.78 Å². The summed E-state index contributed by atoms with van der Waals surface area (Å²) >= 11 is 0. The van der Waals surface area contributed by atoms with Crippen LogP contribution in [0.2, 0.25) is 0 Å². The molecule has 0 bridgehead atoms. The van der Waals surface area contributed by atoms with Gasteiger partial charge >= 0.3 is 12.4 Å². The molecule has 1 unspecified atom stereocenters. The minimum atomic E-state index is -5.98. The van der Waals surface area contributed by atoms with Crippen molar-refractivity contribution in [2.75, 3.05) is 0 Å². The fourth-order valence-electron chi connectivity index (χ4n) is 4.50. The van der Waals surface area contributed by atoms with E-state index < -0.39 is 29.4 Å². The average molecular weight is 478 g/mol. The van der Waals surface area contributed by atoms with Crippen molar-refractivity contribution in [3.05, 3.63) is 106 Å². The topological polar surface area (TPSA) is 37.3 Å². The van der Waals surface area contributed by atoms with Crippen molar-refractivity contribution in [2.45, 2.75) is 43.1 Å². The fourth-order valence-corrected chi connectivity index (χ4v) is 4.50. The number of hydrogen-bond acceptors (Lipinski definition) is 2. The maximum atomic E-state index is 13.5. The lowest BCUT2D eigenvalue weighted by Crippen LogP contribution is -2.54. The first-order valence-electron chi connectivity index (χ1n) is 10.6. The summed E-state index contributed by atoms with van der Waals surface area (Å²) in [5, 5.41) is 9.88. The number of carbonyl (C=O) groups is 1. The van der Waals surface area contributed by atoms with E-state index >= 15 is 0 Å². The third kappa shape index (κ3) is 4.11. The molecule has 1 N–H and O–H groups in total. The van der Waals surface area contributed by atoms with Gasteiger partial charge in [-0.1, -0.05) is 72.8 Å². The van der Waals surface area contributed by atoms with E-state index in [0.717, 1.165) is 17.7 Å². The van der Waals surface area contributed by atoms with Gasteiger partial charge in [0.15, 0.2) is 5.78 Å².